The van der Waals surface area contributed by atoms with Gasteiger partial charge in [-0.3, -0.25) is 34.6 Å². The normalized spacial score (nSPS) is 11.1. The van der Waals surface area contributed by atoms with Gasteiger partial charge in [-0.1, -0.05) is 48.5 Å². The van der Waals surface area contributed by atoms with Crippen LogP contribution in [0.1, 0.15) is 71.2 Å². The molecule has 0 aliphatic heterocycles. The number of carbonyl (C=O) groups is 7. The fraction of sp³-hybridized carbons (Fsp3) is 0.0377. The van der Waals surface area contributed by atoms with Gasteiger partial charge in [0.2, 0.25) is 0 Å². The van der Waals surface area contributed by atoms with Gasteiger partial charge in [-0.2, -0.15) is 10.2 Å². The lowest BCUT2D eigenvalue weighted by molar-refractivity contribution is 0.0957. The number of nitrogens with one attached hydrogen (secondary N) is 4. The lowest BCUT2D eigenvalue weighted by Crippen LogP contribution is -2.34. The largest absolute Gasteiger partial charge is 0.506 e. The van der Waals surface area contributed by atoms with Crippen molar-refractivity contribution in [2.24, 2.45) is 20.5 Å². The van der Waals surface area contributed by atoms with Crippen LogP contribution in [0.5, 0.6) is 11.5 Å². The summed E-state index contributed by atoms with van der Waals surface area (Å²) in [6.07, 6.45) is 0. The lowest BCUT2D eigenvalue weighted by Gasteiger charge is -2.09. The fourth-order valence-electron chi connectivity index (χ4n) is 7.14. The van der Waals surface area contributed by atoms with E-state index in [-0.39, 0.29) is 51.4 Å². The van der Waals surface area contributed by atoms with E-state index in [0.717, 1.165) is 0 Å². The number of phenols is 2. The molecule has 0 fully saturated rings. The molecule has 0 saturated carbocycles. The molecule has 344 valence electrons. The Kier molecular flexibility index (Phi) is 13.4. The Morgan fingerprint density at radius 1 is 0.400 bits per heavy atom. The second-order valence-corrected chi connectivity index (χ2v) is 15.7. The van der Waals surface area contributed by atoms with Crippen LogP contribution in [0.25, 0.3) is 21.5 Å². The quantitative estimate of drug-likeness (QED) is 0.0502. The fourth-order valence-corrected chi connectivity index (χ4v) is 7.14. The summed E-state index contributed by atoms with van der Waals surface area (Å²) in [7, 11) is 0. The van der Waals surface area contributed by atoms with Gasteiger partial charge in [0.15, 0.2) is 17.3 Å². The zero-order valence-electron chi connectivity index (χ0n) is 37.1. The predicted molar refractivity (Wildman–Crippen MR) is 262 cm³/mol. The maximum Gasteiger partial charge on any atom is 0.326 e. The molecule has 6 N–H and O–H groups in total. The first kappa shape index (κ1) is 46.5. The second kappa shape index (κ2) is 20.2. The standard InChI is InChI=1S/C53H38N8O9/c1-29(62)33-5-3-7-41(27-33)54-52(69)56-50(67)37-13-21-43-35(25-37)15-23-45(64)47(43)60-58-39-17-9-31(10-18-39)49(66)32-11-19-40(20-12-32)59-61-48-44-22-14-38(26-36(44)16-24-46(48)65)51(68)57-53(70)55-42-8-4-6-34(28-42)30(2)63/h3-28,64-65H,1-2H3,(H2,54,56,67,69)(H2,55,57,68,70). The molecule has 0 saturated heterocycles. The first-order valence-corrected chi connectivity index (χ1v) is 21.3. The minimum absolute atomic E-state index is 0.133. The Hall–Kier alpha value is -10.0. The Morgan fingerprint density at radius 3 is 1.17 bits per heavy atom. The van der Waals surface area contributed by atoms with Gasteiger partial charge in [0.1, 0.15) is 22.9 Å². The number of aromatic hydroxyl groups is 2. The summed E-state index contributed by atoms with van der Waals surface area (Å²) in [5, 5.41) is 50.0. The van der Waals surface area contributed by atoms with Crippen LogP contribution in [-0.2, 0) is 0 Å². The summed E-state index contributed by atoms with van der Waals surface area (Å²) in [5.74, 6) is -2.33. The third-order valence-corrected chi connectivity index (χ3v) is 10.8. The van der Waals surface area contributed by atoms with Crippen molar-refractivity contribution >= 4 is 96.9 Å². The number of rotatable bonds is 12. The Bertz CT molecular complexity index is 3290. The maximum atomic E-state index is 13.4. The number of hydrogen-bond donors (Lipinski definition) is 6. The number of phenolic OH excluding ortho intramolecular Hbond substituents is 2. The van der Waals surface area contributed by atoms with Crippen LogP contribution in [0.4, 0.5) is 43.7 Å². The van der Waals surface area contributed by atoms with Crippen LogP contribution < -0.4 is 21.3 Å². The van der Waals surface area contributed by atoms with Crippen molar-refractivity contribution in [1.82, 2.24) is 10.6 Å². The van der Waals surface area contributed by atoms with Crippen molar-refractivity contribution < 1.29 is 43.8 Å². The molecule has 0 aromatic heterocycles. The van der Waals surface area contributed by atoms with Crippen molar-refractivity contribution in [1.29, 1.82) is 0 Å². The molecule has 8 aromatic carbocycles. The summed E-state index contributed by atoms with van der Waals surface area (Å²) in [6, 6.07) is 38.9. The lowest BCUT2D eigenvalue weighted by atomic mass is 10.0. The Balaban J connectivity index is 0.884. The summed E-state index contributed by atoms with van der Waals surface area (Å²) in [5.41, 5.74) is 3.56. The zero-order chi connectivity index (χ0) is 49.5. The maximum absolute atomic E-state index is 13.4. The molecular formula is C53H38N8O9. The van der Waals surface area contributed by atoms with Crippen LogP contribution in [0.2, 0.25) is 0 Å². The van der Waals surface area contributed by atoms with Gasteiger partial charge in [-0.05, 0) is 134 Å². The molecule has 0 atom stereocenters. The number of fused-ring (bicyclic) bond motifs is 2. The van der Waals surface area contributed by atoms with E-state index in [9.17, 15) is 43.8 Å². The van der Waals surface area contributed by atoms with Crippen LogP contribution >= 0.6 is 0 Å². The highest BCUT2D eigenvalue weighted by Gasteiger charge is 2.17. The van der Waals surface area contributed by atoms with Crippen molar-refractivity contribution in [2.45, 2.75) is 13.8 Å². The number of ketones is 3. The molecule has 0 unspecified atom stereocenters. The molecule has 0 heterocycles. The Labute approximate surface area is 397 Å². The SMILES string of the molecule is CC(=O)c1cccc(NC(=O)NC(=O)c2ccc3c(N=Nc4ccc(C(=O)c5ccc(N=Nc6c(O)ccc7cc(C(=O)NC(=O)Nc8cccc(C(C)=O)c8)ccc67)cc5)cc4)c(O)ccc3c2)c1. The van der Waals surface area contributed by atoms with Crippen molar-refractivity contribution in [3.63, 3.8) is 0 Å². The number of Topliss-reactive ketones (excluding diaryl/α,β-unsaturated/α-hetero) is 2. The zero-order valence-corrected chi connectivity index (χ0v) is 37.1. The monoisotopic (exact) mass is 930 g/mol. The van der Waals surface area contributed by atoms with E-state index in [1.807, 2.05) is 0 Å². The highest BCUT2D eigenvalue weighted by molar-refractivity contribution is 6.12. The number of anilines is 2. The summed E-state index contributed by atoms with van der Waals surface area (Å²) >= 11 is 0. The number of carbonyl (C=O) groups excluding carboxylic acids is 7. The molecule has 6 amide bonds. The number of hydrogen-bond acceptors (Lipinski definition) is 13. The highest BCUT2D eigenvalue weighted by Crippen LogP contribution is 2.38. The molecule has 70 heavy (non-hydrogen) atoms. The van der Waals surface area contributed by atoms with Crippen molar-refractivity contribution in [2.75, 3.05) is 10.6 Å². The van der Waals surface area contributed by atoms with E-state index < -0.39 is 23.9 Å². The molecule has 0 aliphatic carbocycles. The van der Waals surface area contributed by atoms with Crippen molar-refractivity contribution in [3.8, 4) is 11.5 Å². The molecule has 0 aliphatic rings. The van der Waals surface area contributed by atoms with E-state index in [1.54, 1.807) is 109 Å². The molecule has 0 radical (unpaired) electrons. The van der Waals surface area contributed by atoms with Gasteiger partial charge in [0.25, 0.3) is 11.8 Å². The number of azo groups is 2. The number of benzene rings is 8. The topological polar surface area (TPSA) is 258 Å². The number of amides is 6. The molecule has 0 spiro atoms. The first-order chi connectivity index (χ1) is 33.7. The summed E-state index contributed by atoms with van der Waals surface area (Å²) in [4.78, 5) is 87.7. The van der Waals surface area contributed by atoms with Gasteiger partial charge in [0.05, 0.1) is 11.4 Å². The van der Waals surface area contributed by atoms with Gasteiger partial charge in [-0.25, -0.2) is 9.59 Å². The molecule has 0 bridgehead atoms. The van der Waals surface area contributed by atoms with Crippen LogP contribution in [0, 0.1) is 0 Å². The number of urea groups is 2. The van der Waals surface area contributed by atoms with E-state index in [0.29, 0.717) is 66.5 Å². The van der Waals surface area contributed by atoms with E-state index in [2.05, 4.69) is 41.7 Å². The smallest absolute Gasteiger partial charge is 0.326 e. The van der Waals surface area contributed by atoms with E-state index in [1.165, 1.54) is 62.4 Å². The minimum atomic E-state index is -0.789. The number of imide groups is 2. The van der Waals surface area contributed by atoms with Gasteiger partial charge >= 0.3 is 12.1 Å². The van der Waals surface area contributed by atoms with E-state index in [4.69, 9.17) is 0 Å². The van der Waals surface area contributed by atoms with Crippen LogP contribution in [-0.4, -0.2) is 51.4 Å². The minimum Gasteiger partial charge on any atom is -0.506 e. The highest BCUT2D eigenvalue weighted by atomic mass is 16.3. The number of nitrogens with zero attached hydrogens (tertiary/aromatic N) is 4. The molecule has 8 rings (SSSR count). The molecule has 17 heteroatoms. The average Bonchev–Trinajstić information content (AvgIpc) is 3.35. The van der Waals surface area contributed by atoms with E-state index >= 15 is 0 Å². The molecule has 17 nitrogen and oxygen atoms in total. The van der Waals surface area contributed by atoms with Crippen LogP contribution in [0.15, 0.2) is 178 Å². The molecule has 8 aromatic rings. The van der Waals surface area contributed by atoms with Gasteiger partial charge < -0.3 is 20.8 Å². The summed E-state index contributed by atoms with van der Waals surface area (Å²) < 4.78 is 0. The van der Waals surface area contributed by atoms with Gasteiger partial charge in [0, 0.05) is 55.5 Å². The van der Waals surface area contributed by atoms with Crippen LogP contribution in [0.3, 0.4) is 0 Å². The van der Waals surface area contributed by atoms with Gasteiger partial charge in [-0.15, -0.1) is 10.2 Å². The Morgan fingerprint density at radius 2 is 0.786 bits per heavy atom. The first-order valence-electron chi connectivity index (χ1n) is 21.3. The predicted octanol–water partition coefficient (Wildman–Crippen LogP) is 11.8. The third kappa shape index (κ3) is 10.8. The summed E-state index contributed by atoms with van der Waals surface area (Å²) in [6.45, 7) is 2.81. The second-order valence-electron chi connectivity index (χ2n) is 15.7. The molecular weight excluding hydrogens is 893 g/mol. The average molecular weight is 931 g/mol. The third-order valence-electron chi connectivity index (χ3n) is 10.8. The van der Waals surface area contributed by atoms with Crippen molar-refractivity contribution in [3.05, 3.63) is 191 Å².